The molecule has 0 spiro atoms. The van der Waals surface area contributed by atoms with Crippen molar-refractivity contribution < 1.29 is 13.6 Å². The quantitative estimate of drug-likeness (QED) is 0.603. The molecule has 8 heteroatoms. The van der Waals surface area contributed by atoms with Gasteiger partial charge in [-0.2, -0.15) is 0 Å². The zero-order valence-electron chi connectivity index (χ0n) is 13.7. The minimum absolute atomic E-state index is 0.0378. The van der Waals surface area contributed by atoms with Gasteiger partial charge in [0.2, 0.25) is 5.91 Å². The van der Waals surface area contributed by atoms with Crippen molar-refractivity contribution in [2.24, 2.45) is 0 Å². The summed E-state index contributed by atoms with van der Waals surface area (Å²) in [6.07, 6.45) is 1.57. The Hall–Kier alpha value is -2.25. The summed E-state index contributed by atoms with van der Waals surface area (Å²) in [5, 5.41) is 8.94. The van der Waals surface area contributed by atoms with E-state index < -0.39 is 0 Å². The zero-order valence-corrected chi connectivity index (χ0v) is 15.3. The number of halogens is 1. The zero-order chi connectivity index (χ0) is 17.8. The average molecular weight is 378 g/mol. The van der Waals surface area contributed by atoms with Crippen molar-refractivity contribution in [2.45, 2.75) is 18.7 Å². The van der Waals surface area contributed by atoms with Gasteiger partial charge in [-0.3, -0.25) is 4.79 Å². The smallest absolute Gasteiger partial charge is 0.277 e. The van der Waals surface area contributed by atoms with Crippen LogP contribution in [0.15, 0.2) is 50.7 Å². The van der Waals surface area contributed by atoms with Gasteiger partial charge in [-0.25, -0.2) is 0 Å². The van der Waals surface area contributed by atoms with Gasteiger partial charge in [0, 0.05) is 18.6 Å². The predicted octanol–water partition coefficient (Wildman–Crippen LogP) is 4.04. The second-order valence-electron chi connectivity index (χ2n) is 5.43. The molecule has 0 saturated heterocycles. The molecular weight excluding hydrogens is 362 g/mol. The Labute approximate surface area is 154 Å². The number of aromatic nitrogens is 2. The van der Waals surface area contributed by atoms with Gasteiger partial charge in [-0.1, -0.05) is 35.5 Å². The maximum absolute atomic E-state index is 12.3. The van der Waals surface area contributed by atoms with Crippen LogP contribution in [0.1, 0.15) is 11.3 Å². The first-order valence-corrected chi connectivity index (χ1v) is 8.88. The number of nitrogens with zero attached hydrogens (tertiary/aromatic N) is 3. The lowest BCUT2D eigenvalue weighted by Gasteiger charge is -2.16. The monoisotopic (exact) mass is 377 g/mol. The molecule has 130 valence electrons. The highest BCUT2D eigenvalue weighted by molar-refractivity contribution is 7.99. The minimum Gasteiger partial charge on any atom is -0.469 e. The SMILES string of the molecule is Cc1occc1-c1nnc(SCC(=O)N(C)Cc2cccc(Cl)c2)o1. The first-order valence-electron chi connectivity index (χ1n) is 7.52. The number of benzene rings is 1. The average Bonchev–Trinajstić information content (AvgIpc) is 3.21. The summed E-state index contributed by atoms with van der Waals surface area (Å²) < 4.78 is 10.8. The van der Waals surface area contributed by atoms with Crippen LogP contribution in [0.3, 0.4) is 0 Å². The number of amides is 1. The molecular formula is C17H16ClN3O3S. The first-order chi connectivity index (χ1) is 12.0. The molecule has 0 bridgehead atoms. The summed E-state index contributed by atoms with van der Waals surface area (Å²) in [6.45, 7) is 2.31. The van der Waals surface area contributed by atoms with Gasteiger partial charge in [0.15, 0.2) is 0 Å². The van der Waals surface area contributed by atoms with Crippen LogP contribution in [-0.4, -0.2) is 33.8 Å². The summed E-state index contributed by atoms with van der Waals surface area (Å²) in [6, 6.07) is 9.21. The summed E-state index contributed by atoms with van der Waals surface area (Å²) in [5.74, 6) is 1.26. The number of furan rings is 1. The van der Waals surface area contributed by atoms with Crippen molar-refractivity contribution in [3.05, 3.63) is 52.9 Å². The topological polar surface area (TPSA) is 72.4 Å². The molecule has 6 nitrogen and oxygen atoms in total. The van der Waals surface area contributed by atoms with Gasteiger partial charge in [0.05, 0.1) is 17.6 Å². The summed E-state index contributed by atoms with van der Waals surface area (Å²) in [7, 11) is 1.75. The van der Waals surface area contributed by atoms with Gasteiger partial charge < -0.3 is 13.7 Å². The van der Waals surface area contributed by atoms with Crippen LogP contribution >= 0.6 is 23.4 Å². The molecule has 3 rings (SSSR count). The number of carbonyl (C=O) groups is 1. The second kappa shape index (κ2) is 7.76. The van der Waals surface area contributed by atoms with Crippen molar-refractivity contribution in [2.75, 3.05) is 12.8 Å². The number of thioether (sulfide) groups is 1. The summed E-state index contributed by atoms with van der Waals surface area (Å²) in [5.41, 5.74) is 1.73. The third kappa shape index (κ3) is 4.43. The lowest BCUT2D eigenvalue weighted by Crippen LogP contribution is -2.27. The second-order valence-corrected chi connectivity index (χ2v) is 6.80. The molecule has 0 saturated carbocycles. The highest BCUT2D eigenvalue weighted by atomic mass is 35.5. The van der Waals surface area contributed by atoms with Gasteiger partial charge in [0.25, 0.3) is 11.1 Å². The van der Waals surface area contributed by atoms with Gasteiger partial charge in [-0.05, 0) is 30.7 Å². The maximum Gasteiger partial charge on any atom is 0.277 e. The Kier molecular flexibility index (Phi) is 5.45. The van der Waals surface area contributed by atoms with Crippen molar-refractivity contribution in [1.29, 1.82) is 0 Å². The lowest BCUT2D eigenvalue weighted by molar-refractivity contribution is -0.127. The van der Waals surface area contributed by atoms with E-state index in [0.717, 1.165) is 11.1 Å². The standard InChI is InChI=1S/C17H16ClN3O3S/c1-11-14(6-7-23-11)16-19-20-17(24-16)25-10-15(22)21(2)9-12-4-3-5-13(18)8-12/h3-8H,9-10H2,1-2H3. The predicted molar refractivity (Wildman–Crippen MR) is 95.4 cm³/mol. The Bertz CT molecular complexity index is 877. The molecule has 0 radical (unpaired) electrons. The van der Waals surface area contributed by atoms with Crippen LogP contribution < -0.4 is 0 Å². The van der Waals surface area contributed by atoms with Crippen molar-refractivity contribution in [3.63, 3.8) is 0 Å². The van der Waals surface area contributed by atoms with E-state index in [1.807, 2.05) is 25.1 Å². The molecule has 0 fully saturated rings. The molecule has 2 heterocycles. The van der Waals surface area contributed by atoms with Crippen molar-refractivity contribution in [1.82, 2.24) is 15.1 Å². The Morgan fingerprint density at radius 3 is 2.88 bits per heavy atom. The van der Waals surface area contributed by atoms with Crippen molar-refractivity contribution in [3.8, 4) is 11.5 Å². The van der Waals surface area contributed by atoms with E-state index in [2.05, 4.69) is 10.2 Å². The molecule has 0 aliphatic carbocycles. The molecule has 0 aliphatic rings. The Morgan fingerprint density at radius 1 is 1.32 bits per heavy atom. The van der Waals surface area contributed by atoms with Gasteiger partial charge in [-0.15, -0.1) is 10.2 Å². The normalized spacial score (nSPS) is 10.8. The van der Waals surface area contributed by atoms with E-state index >= 15 is 0 Å². The number of hydrogen-bond donors (Lipinski definition) is 0. The van der Waals surface area contributed by atoms with Gasteiger partial charge in [0.1, 0.15) is 5.76 Å². The maximum atomic E-state index is 12.3. The molecule has 0 aliphatic heterocycles. The van der Waals surface area contributed by atoms with Crippen LogP contribution in [0.25, 0.3) is 11.5 Å². The third-order valence-electron chi connectivity index (χ3n) is 3.55. The fourth-order valence-electron chi connectivity index (χ4n) is 2.21. The number of aryl methyl sites for hydroxylation is 1. The molecule has 1 aromatic carbocycles. The van der Waals surface area contributed by atoms with Crippen LogP contribution in [-0.2, 0) is 11.3 Å². The van der Waals surface area contributed by atoms with Crippen LogP contribution in [0.4, 0.5) is 0 Å². The summed E-state index contributed by atoms with van der Waals surface area (Å²) >= 11 is 7.17. The van der Waals surface area contributed by atoms with Crippen LogP contribution in [0, 0.1) is 6.92 Å². The molecule has 25 heavy (non-hydrogen) atoms. The van der Waals surface area contributed by atoms with E-state index in [-0.39, 0.29) is 11.7 Å². The molecule has 3 aromatic rings. The molecule has 0 atom stereocenters. The van der Waals surface area contributed by atoms with Gasteiger partial charge >= 0.3 is 0 Å². The van der Waals surface area contributed by atoms with E-state index in [0.29, 0.717) is 28.4 Å². The highest BCUT2D eigenvalue weighted by Crippen LogP contribution is 2.26. The Balaban J connectivity index is 1.55. The minimum atomic E-state index is -0.0378. The van der Waals surface area contributed by atoms with E-state index in [1.54, 1.807) is 30.3 Å². The fourth-order valence-corrected chi connectivity index (χ4v) is 3.13. The van der Waals surface area contributed by atoms with E-state index in [1.165, 1.54) is 11.8 Å². The van der Waals surface area contributed by atoms with Crippen molar-refractivity contribution >= 4 is 29.3 Å². The molecule has 2 aromatic heterocycles. The number of hydrogen-bond acceptors (Lipinski definition) is 6. The van der Waals surface area contributed by atoms with Crippen LogP contribution in [0.2, 0.25) is 5.02 Å². The summed E-state index contributed by atoms with van der Waals surface area (Å²) in [4.78, 5) is 13.9. The molecule has 1 amide bonds. The molecule has 0 unspecified atom stereocenters. The fraction of sp³-hybridized carbons (Fsp3) is 0.235. The first kappa shape index (κ1) is 17.6. The number of carbonyl (C=O) groups excluding carboxylic acids is 1. The van der Waals surface area contributed by atoms with E-state index in [9.17, 15) is 4.79 Å². The largest absolute Gasteiger partial charge is 0.469 e. The highest BCUT2D eigenvalue weighted by Gasteiger charge is 2.16. The third-order valence-corrected chi connectivity index (χ3v) is 4.59. The lowest BCUT2D eigenvalue weighted by atomic mass is 10.2. The Morgan fingerprint density at radius 2 is 2.16 bits per heavy atom. The van der Waals surface area contributed by atoms with Crippen LogP contribution in [0.5, 0.6) is 0 Å². The number of rotatable bonds is 6. The molecule has 0 N–H and O–H groups in total. The van der Waals surface area contributed by atoms with E-state index in [4.69, 9.17) is 20.4 Å².